The summed E-state index contributed by atoms with van der Waals surface area (Å²) >= 11 is 12.1. The van der Waals surface area contributed by atoms with Crippen LogP contribution in [0.5, 0.6) is 11.5 Å². The number of aromatic nitrogens is 2. The highest BCUT2D eigenvalue weighted by Gasteiger charge is 2.17. The van der Waals surface area contributed by atoms with E-state index in [0.29, 0.717) is 16.3 Å². The third-order valence-corrected chi connectivity index (χ3v) is 5.38. The average Bonchev–Trinajstić information content (AvgIpc) is 3.13. The van der Waals surface area contributed by atoms with Gasteiger partial charge in [0.25, 0.3) is 11.8 Å². The number of rotatable bonds is 6. The van der Waals surface area contributed by atoms with E-state index in [1.165, 1.54) is 6.07 Å². The molecule has 0 aliphatic rings. The van der Waals surface area contributed by atoms with Gasteiger partial charge in [-0.25, -0.2) is 9.13 Å². The minimum absolute atomic E-state index is 0. The van der Waals surface area contributed by atoms with Crippen LogP contribution in [0.3, 0.4) is 0 Å². The number of aryl methyl sites for hydroxylation is 1. The van der Waals surface area contributed by atoms with E-state index in [1.54, 1.807) is 53.0 Å². The lowest BCUT2D eigenvalue weighted by molar-refractivity contribution is -0.683. The number of amides is 2. The first kappa shape index (κ1) is 25.3. The highest BCUT2D eigenvalue weighted by Crippen LogP contribution is 2.38. The van der Waals surface area contributed by atoms with Gasteiger partial charge >= 0.3 is 0 Å². The van der Waals surface area contributed by atoms with Crippen LogP contribution in [-0.4, -0.2) is 26.6 Å². The molecule has 0 atom stereocenters. The third-order valence-electron chi connectivity index (χ3n) is 4.52. The Kier molecular flexibility index (Phi) is 8.38. The van der Waals surface area contributed by atoms with Gasteiger partial charge in [0, 0.05) is 5.02 Å². The normalized spacial score (nSPS) is 10.4. The first-order valence-corrected chi connectivity index (χ1v) is 10.0. The van der Waals surface area contributed by atoms with Gasteiger partial charge in [-0.15, -0.1) is 0 Å². The van der Waals surface area contributed by atoms with Crippen molar-refractivity contribution < 1.29 is 36.8 Å². The van der Waals surface area contributed by atoms with Crippen LogP contribution in [0.4, 0.5) is 11.4 Å². The second-order valence-electron chi connectivity index (χ2n) is 7.07. The lowest BCUT2D eigenvalue weighted by atomic mass is 10.2. The standard InChI is InChI=1S/C21H20Cl2N4O4.ClH/c1-12-3-4-15(17(28)7-12)24-18(29)9-26-5-6-27(11-26)10-19(30)25-16-8-14(22)13(2)20(23)21(16)31;/h3-8,11H,9-10H2,1-2H3,(H3-,24,25,28,29,30,31);1H. The molecule has 0 bridgehead atoms. The van der Waals surface area contributed by atoms with Crippen LogP contribution in [0.1, 0.15) is 11.1 Å². The average molecular weight is 500 g/mol. The molecule has 1 heterocycles. The number of carbonyl (C=O) groups excluding carboxylic acids is 2. The molecule has 170 valence electrons. The second kappa shape index (κ2) is 10.6. The van der Waals surface area contributed by atoms with Crippen molar-refractivity contribution in [1.82, 2.24) is 4.57 Å². The minimum Gasteiger partial charge on any atom is -1.00 e. The summed E-state index contributed by atoms with van der Waals surface area (Å²) in [6, 6.07) is 6.40. The van der Waals surface area contributed by atoms with Crippen LogP contribution >= 0.6 is 23.2 Å². The Morgan fingerprint density at radius 1 is 1.06 bits per heavy atom. The maximum absolute atomic E-state index is 12.3. The second-order valence-corrected chi connectivity index (χ2v) is 7.85. The first-order chi connectivity index (χ1) is 14.6. The Morgan fingerprint density at radius 3 is 2.44 bits per heavy atom. The number of hydrogen-bond donors (Lipinski definition) is 4. The van der Waals surface area contributed by atoms with Gasteiger partial charge in [-0.3, -0.25) is 9.59 Å². The van der Waals surface area contributed by atoms with Crippen molar-refractivity contribution in [3.63, 3.8) is 0 Å². The van der Waals surface area contributed by atoms with Crippen molar-refractivity contribution >= 4 is 46.4 Å². The predicted octanol–water partition coefficient (Wildman–Crippen LogP) is 0.392. The Hall–Kier alpha value is -2.94. The summed E-state index contributed by atoms with van der Waals surface area (Å²) in [4.78, 5) is 24.6. The monoisotopic (exact) mass is 498 g/mol. The molecule has 0 aliphatic carbocycles. The SMILES string of the molecule is Cc1ccc(NC(=O)C[n+]2ccn(CC(=O)Nc3cc(Cl)c(C)c(Cl)c3O)c2)c(O)c1.[Cl-]. The summed E-state index contributed by atoms with van der Waals surface area (Å²) in [5, 5.41) is 25.6. The van der Waals surface area contributed by atoms with E-state index in [9.17, 15) is 19.8 Å². The van der Waals surface area contributed by atoms with E-state index in [4.69, 9.17) is 23.2 Å². The number of phenolic OH excluding ortho intramolecular Hbond substituents is 2. The number of carbonyl (C=O) groups is 2. The van der Waals surface area contributed by atoms with Crippen molar-refractivity contribution in [2.24, 2.45) is 0 Å². The van der Waals surface area contributed by atoms with E-state index in [-0.39, 0.29) is 53.6 Å². The lowest BCUT2D eigenvalue weighted by Crippen LogP contribution is -3.00. The molecule has 2 aromatic carbocycles. The fraction of sp³-hybridized carbons (Fsp3) is 0.190. The maximum Gasteiger partial charge on any atom is 0.266 e. The molecule has 3 aromatic rings. The smallest absolute Gasteiger partial charge is 0.266 e. The summed E-state index contributed by atoms with van der Waals surface area (Å²) in [5.74, 6) is -1.01. The Morgan fingerprint density at radius 2 is 1.75 bits per heavy atom. The van der Waals surface area contributed by atoms with Crippen LogP contribution < -0.4 is 27.6 Å². The number of hydrogen-bond acceptors (Lipinski definition) is 4. The van der Waals surface area contributed by atoms with Crippen molar-refractivity contribution in [3.05, 3.63) is 64.2 Å². The van der Waals surface area contributed by atoms with Crippen molar-refractivity contribution in [1.29, 1.82) is 0 Å². The largest absolute Gasteiger partial charge is 1.00 e. The van der Waals surface area contributed by atoms with Crippen LogP contribution in [-0.2, 0) is 22.7 Å². The summed E-state index contributed by atoms with van der Waals surface area (Å²) in [6.45, 7) is 3.43. The third kappa shape index (κ3) is 6.06. The molecule has 8 nitrogen and oxygen atoms in total. The first-order valence-electron chi connectivity index (χ1n) is 9.25. The van der Waals surface area contributed by atoms with Gasteiger partial charge < -0.3 is 33.3 Å². The molecular formula is C21H21Cl3N4O4. The molecule has 0 spiro atoms. The molecule has 1 aromatic heterocycles. The zero-order valence-corrected chi connectivity index (χ0v) is 19.5. The molecule has 0 radical (unpaired) electrons. The van der Waals surface area contributed by atoms with Crippen LogP contribution in [0.15, 0.2) is 43.0 Å². The van der Waals surface area contributed by atoms with E-state index in [2.05, 4.69) is 10.6 Å². The number of imidazole rings is 1. The number of aromatic hydroxyl groups is 2. The summed E-state index contributed by atoms with van der Waals surface area (Å²) < 4.78 is 3.16. The highest BCUT2D eigenvalue weighted by molar-refractivity contribution is 6.37. The Bertz CT molecular complexity index is 1160. The number of anilines is 2. The number of benzene rings is 2. The molecule has 4 N–H and O–H groups in total. The molecule has 32 heavy (non-hydrogen) atoms. The minimum atomic E-state index is -0.414. The Labute approximate surface area is 200 Å². The molecule has 0 fully saturated rings. The summed E-state index contributed by atoms with van der Waals surface area (Å²) in [7, 11) is 0. The van der Waals surface area contributed by atoms with Gasteiger partial charge in [0.15, 0.2) is 18.8 Å². The molecule has 11 heteroatoms. The van der Waals surface area contributed by atoms with Crippen molar-refractivity contribution in [2.75, 3.05) is 10.6 Å². The zero-order valence-electron chi connectivity index (χ0n) is 17.2. The van der Waals surface area contributed by atoms with E-state index in [1.807, 2.05) is 6.92 Å². The fourth-order valence-corrected chi connectivity index (χ4v) is 3.34. The lowest BCUT2D eigenvalue weighted by Gasteiger charge is -2.11. The van der Waals surface area contributed by atoms with E-state index >= 15 is 0 Å². The van der Waals surface area contributed by atoms with Gasteiger partial charge in [-0.2, -0.15) is 0 Å². The van der Waals surface area contributed by atoms with Gasteiger partial charge in [0.1, 0.15) is 18.1 Å². The van der Waals surface area contributed by atoms with Gasteiger partial charge in [0.2, 0.25) is 6.33 Å². The summed E-state index contributed by atoms with van der Waals surface area (Å²) in [6.07, 6.45) is 4.85. The molecule has 0 aliphatic heterocycles. The molecule has 0 saturated heterocycles. The summed E-state index contributed by atoms with van der Waals surface area (Å²) in [5.41, 5.74) is 1.83. The van der Waals surface area contributed by atoms with Gasteiger partial charge in [-0.1, -0.05) is 29.3 Å². The predicted molar refractivity (Wildman–Crippen MR) is 118 cm³/mol. The number of nitrogens with zero attached hydrogens (tertiary/aromatic N) is 2. The van der Waals surface area contributed by atoms with Crippen molar-refractivity contribution in [2.45, 2.75) is 26.9 Å². The van der Waals surface area contributed by atoms with Gasteiger partial charge in [-0.05, 0) is 43.2 Å². The highest BCUT2D eigenvalue weighted by atomic mass is 35.5. The van der Waals surface area contributed by atoms with Crippen LogP contribution in [0, 0.1) is 13.8 Å². The molecule has 0 unspecified atom stereocenters. The van der Waals surface area contributed by atoms with E-state index < -0.39 is 5.91 Å². The molecule has 2 amide bonds. The van der Waals surface area contributed by atoms with Crippen LogP contribution in [0.2, 0.25) is 10.0 Å². The maximum atomic E-state index is 12.3. The van der Waals surface area contributed by atoms with Gasteiger partial charge in [0.05, 0.1) is 16.4 Å². The quantitative estimate of drug-likeness (QED) is 0.291. The number of halogens is 3. The fourth-order valence-electron chi connectivity index (χ4n) is 2.88. The zero-order chi connectivity index (χ0) is 22.7. The molecule has 0 saturated carbocycles. The van der Waals surface area contributed by atoms with Crippen molar-refractivity contribution in [3.8, 4) is 11.5 Å². The number of phenols is 2. The topological polar surface area (TPSA) is 107 Å². The molecule has 3 rings (SSSR count). The Balaban J connectivity index is 0.00000363. The van der Waals surface area contributed by atoms with Crippen LogP contribution in [0.25, 0.3) is 0 Å². The van der Waals surface area contributed by atoms with E-state index in [0.717, 1.165) is 5.56 Å². The number of nitrogens with one attached hydrogen (secondary N) is 2. The molecular weight excluding hydrogens is 479 g/mol.